The smallest absolute Gasteiger partial charge is 0.252 e. The second-order valence-electron chi connectivity index (χ2n) is 14.8. The van der Waals surface area contributed by atoms with Crippen LogP contribution in [0.5, 0.6) is 0 Å². The van der Waals surface area contributed by atoms with Gasteiger partial charge >= 0.3 is 0 Å². The Kier molecular flexibility index (Phi) is 11.0. The van der Waals surface area contributed by atoms with Crippen molar-refractivity contribution in [3.05, 3.63) is 163 Å². The molecule has 3 aromatic heterocycles. The van der Waals surface area contributed by atoms with Crippen molar-refractivity contribution >= 4 is 56.0 Å². The fraction of sp³-hybridized carbons (Fsp3) is 0.163. The minimum Gasteiger partial charge on any atom is -0.377 e. The summed E-state index contributed by atoms with van der Waals surface area (Å²) in [7, 11) is 4.13. The molecule has 9 heteroatoms. The van der Waals surface area contributed by atoms with E-state index in [1.54, 1.807) is 6.07 Å². The van der Waals surface area contributed by atoms with Gasteiger partial charge in [0, 0.05) is 65.2 Å². The second kappa shape index (κ2) is 16.9. The zero-order valence-electron chi connectivity index (χ0n) is 32.6. The molecule has 0 unspecified atom stereocenters. The fourth-order valence-corrected chi connectivity index (χ4v) is 7.71. The van der Waals surface area contributed by atoms with Crippen LogP contribution in [-0.4, -0.2) is 52.9 Å². The quantitative estimate of drug-likeness (QED) is 0.141. The topological polar surface area (TPSA) is 126 Å². The normalized spacial score (nSPS) is 15.0. The van der Waals surface area contributed by atoms with Crippen molar-refractivity contribution in [1.82, 2.24) is 20.3 Å². The maximum atomic E-state index is 13.5. The van der Waals surface area contributed by atoms with Gasteiger partial charge in [-0.25, -0.2) is 15.0 Å². The Labute approximate surface area is 338 Å². The van der Waals surface area contributed by atoms with Crippen molar-refractivity contribution in [3.63, 3.8) is 0 Å². The molecule has 0 bridgehead atoms. The number of carbonyl (C=O) groups excluding carboxylic acids is 2. The van der Waals surface area contributed by atoms with Gasteiger partial charge < -0.3 is 21.3 Å². The highest BCUT2D eigenvalue weighted by atomic mass is 16.2. The van der Waals surface area contributed by atoms with Gasteiger partial charge in [-0.15, -0.1) is 0 Å². The van der Waals surface area contributed by atoms with Gasteiger partial charge in [-0.05, 0) is 56.0 Å². The highest BCUT2D eigenvalue weighted by molar-refractivity contribution is 6.08. The summed E-state index contributed by atoms with van der Waals surface area (Å²) in [4.78, 5) is 41.5. The SMILES string of the molecule is CN(C)c1cc(N[C@H]2CC[C@@H](NC(=O)c3cc(-c4ccccc4)nc4ccccc34)CC2)nc2ccccc12.NC(=O)c1cc(-c2ccccc2)nc2ccccc12. The average Bonchev–Trinajstić information content (AvgIpc) is 3.26. The third kappa shape index (κ3) is 8.34. The number of nitrogens with zero attached hydrogens (tertiary/aromatic N) is 4. The first-order valence-electron chi connectivity index (χ1n) is 19.7. The molecule has 1 fully saturated rings. The lowest BCUT2D eigenvalue weighted by Crippen LogP contribution is -2.40. The predicted octanol–water partition coefficient (Wildman–Crippen LogP) is 9.67. The lowest BCUT2D eigenvalue weighted by atomic mass is 9.90. The minimum atomic E-state index is -0.434. The van der Waals surface area contributed by atoms with E-state index in [0.29, 0.717) is 17.2 Å². The zero-order chi connectivity index (χ0) is 40.0. The Hall–Kier alpha value is -7.13. The number of pyridine rings is 3. The number of anilines is 2. The van der Waals surface area contributed by atoms with Crippen molar-refractivity contribution in [3.8, 4) is 22.5 Å². The average molecular weight is 764 g/mol. The van der Waals surface area contributed by atoms with Gasteiger partial charge in [0.05, 0.1) is 39.1 Å². The minimum absolute atomic E-state index is 0.0333. The number of nitrogens with one attached hydrogen (secondary N) is 2. The van der Waals surface area contributed by atoms with E-state index >= 15 is 0 Å². The number of hydrogen-bond donors (Lipinski definition) is 3. The van der Waals surface area contributed by atoms with E-state index in [0.717, 1.165) is 92.4 Å². The molecule has 2 amide bonds. The predicted molar refractivity (Wildman–Crippen MR) is 236 cm³/mol. The summed E-state index contributed by atoms with van der Waals surface area (Å²) < 4.78 is 0. The summed E-state index contributed by atoms with van der Waals surface area (Å²) in [5.74, 6) is 0.436. The third-order valence-corrected chi connectivity index (χ3v) is 10.7. The zero-order valence-corrected chi connectivity index (χ0v) is 32.6. The number of hydrogen-bond acceptors (Lipinski definition) is 7. The van der Waals surface area contributed by atoms with E-state index in [-0.39, 0.29) is 11.9 Å². The highest BCUT2D eigenvalue weighted by Crippen LogP contribution is 2.31. The molecule has 0 saturated heterocycles. The molecule has 8 aromatic rings. The largest absolute Gasteiger partial charge is 0.377 e. The van der Waals surface area contributed by atoms with Crippen LogP contribution < -0.4 is 21.3 Å². The molecule has 58 heavy (non-hydrogen) atoms. The van der Waals surface area contributed by atoms with Gasteiger partial charge in [-0.3, -0.25) is 9.59 Å². The molecule has 5 aromatic carbocycles. The van der Waals surface area contributed by atoms with Crippen LogP contribution in [0.25, 0.3) is 55.2 Å². The molecule has 0 radical (unpaired) electrons. The van der Waals surface area contributed by atoms with Crippen LogP contribution >= 0.6 is 0 Å². The van der Waals surface area contributed by atoms with E-state index in [9.17, 15) is 9.59 Å². The van der Waals surface area contributed by atoms with E-state index < -0.39 is 5.91 Å². The molecule has 1 saturated carbocycles. The van der Waals surface area contributed by atoms with Gasteiger partial charge in [0.2, 0.25) is 5.91 Å². The number of carbonyl (C=O) groups is 2. The Morgan fingerprint density at radius 1 is 0.552 bits per heavy atom. The number of aromatic nitrogens is 3. The van der Waals surface area contributed by atoms with E-state index in [1.165, 1.54) is 0 Å². The van der Waals surface area contributed by atoms with Crippen LogP contribution in [0.2, 0.25) is 0 Å². The summed E-state index contributed by atoms with van der Waals surface area (Å²) in [6.45, 7) is 0. The van der Waals surface area contributed by atoms with E-state index in [2.05, 4.69) is 58.9 Å². The number of amides is 2. The monoisotopic (exact) mass is 763 g/mol. The summed E-state index contributed by atoms with van der Waals surface area (Å²) in [6, 6.07) is 49.7. The Morgan fingerprint density at radius 2 is 1.00 bits per heavy atom. The van der Waals surface area contributed by atoms with Crippen LogP contribution in [0.4, 0.5) is 11.5 Å². The molecule has 9 rings (SSSR count). The number of primary amides is 1. The molecule has 1 aliphatic rings. The number of benzene rings is 5. The summed E-state index contributed by atoms with van der Waals surface area (Å²) >= 11 is 0. The van der Waals surface area contributed by atoms with Gasteiger partial charge in [-0.2, -0.15) is 0 Å². The first-order chi connectivity index (χ1) is 28.3. The molecule has 1 aliphatic carbocycles. The van der Waals surface area contributed by atoms with Crippen molar-refractivity contribution in [1.29, 1.82) is 0 Å². The number of rotatable bonds is 8. The van der Waals surface area contributed by atoms with E-state index in [4.69, 9.17) is 15.7 Å². The van der Waals surface area contributed by atoms with Crippen LogP contribution in [-0.2, 0) is 0 Å². The van der Waals surface area contributed by atoms with Crippen molar-refractivity contribution < 1.29 is 9.59 Å². The molecule has 4 N–H and O–H groups in total. The molecule has 0 atom stereocenters. The second-order valence-corrected chi connectivity index (χ2v) is 14.8. The number of fused-ring (bicyclic) bond motifs is 3. The number of para-hydroxylation sites is 3. The highest BCUT2D eigenvalue weighted by Gasteiger charge is 2.25. The molecule has 288 valence electrons. The van der Waals surface area contributed by atoms with Crippen LogP contribution in [0.1, 0.15) is 46.4 Å². The Morgan fingerprint density at radius 3 is 1.53 bits per heavy atom. The first kappa shape index (κ1) is 37.8. The van der Waals surface area contributed by atoms with Gasteiger partial charge in [-0.1, -0.05) is 115 Å². The maximum Gasteiger partial charge on any atom is 0.252 e. The van der Waals surface area contributed by atoms with Gasteiger partial charge in [0.1, 0.15) is 5.82 Å². The molecular formula is C49H45N7O2. The standard InChI is InChI=1S/C33H33N5O.C16H12N2O/c1-38(2)31-21-32(37-29-15-9-7-13-26(29)31)34-23-16-18-24(19-17-23)35-33(39)27-20-30(22-10-4-3-5-11-22)36-28-14-8-6-12-25(27)28;17-16(19)13-10-15(11-6-2-1-3-7-11)18-14-9-5-4-8-12(13)14/h3-15,20-21,23-24H,16-19H2,1-2H3,(H,34,37)(H,35,39);1-10H,(H2,17,19)/t23-,24+;. The van der Waals surface area contributed by atoms with Gasteiger partial charge in [0.25, 0.3) is 5.91 Å². The Balaban J connectivity index is 0.000000206. The maximum absolute atomic E-state index is 13.5. The number of nitrogens with two attached hydrogens (primary N) is 1. The van der Waals surface area contributed by atoms with Crippen molar-refractivity contribution in [2.75, 3.05) is 24.3 Å². The summed E-state index contributed by atoms with van der Waals surface area (Å²) in [6.07, 6.45) is 3.80. The molecule has 9 nitrogen and oxygen atoms in total. The van der Waals surface area contributed by atoms with Crippen LogP contribution in [0.15, 0.2) is 152 Å². The molecule has 3 heterocycles. The summed E-state index contributed by atoms with van der Waals surface area (Å²) in [5.41, 5.74) is 13.9. The summed E-state index contributed by atoms with van der Waals surface area (Å²) in [5, 5.41) is 9.80. The molecule has 0 aliphatic heterocycles. The van der Waals surface area contributed by atoms with E-state index in [1.807, 2.05) is 121 Å². The van der Waals surface area contributed by atoms with Gasteiger partial charge in [0.15, 0.2) is 0 Å². The lowest BCUT2D eigenvalue weighted by molar-refractivity contribution is 0.0927. The lowest BCUT2D eigenvalue weighted by Gasteiger charge is -2.30. The van der Waals surface area contributed by atoms with Crippen LogP contribution in [0, 0.1) is 0 Å². The third-order valence-electron chi connectivity index (χ3n) is 10.7. The van der Waals surface area contributed by atoms with Crippen molar-refractivity contribution in [2.24, 2.45) is 5.73 Å². The fourth-order valence-electron chi connectivity index (χ4n) is 7.71. The molecule has 0 spiro atoms. The molecular weight excluding hydrogens is 719 g/mol. The van der Waals surface area contributed by atoms with Crippen molar-refractivity contribution in [2.45, 2.75) is 37.8 Å². The Bertz CT molecular complexity index is 2730. The van der Waals surface area contributed by atoms with Crippen LogP contribution in [0.3, 0.4) is 0 Å². The first-order valence-corrected chi connectivity index (χ1v) is 19.7.